The summed E-state index contributed by atoms with van der Waals surface area (Å²) in [6.07, 6.45) is 6.95. The van der Waals surface area contributed by atoms with Gasteiger partial charge in [0.05, 0.1) is 12.7 Å². The largest absolute Gasteiger partial charge is 0.465 e. The molecule has 6 nitrogen and oxygen atoms in total. The van der Waals surface area contributed by atoms with Gasteiger partial charge < -0.3 is 9.72 Å². The number of ether oxygens (including phenoxy) is 1. The lowest BCUT2D eigenvalue weighted by Gasteiger charge is -2.21. The molecule has 6 heteroatoms. The van der Waals surface area contributed by atoms with Crippen LogP contribution in [0.3, 0.4) is 0 Å². The minimum atomic E-state index is -0.306. The Morgan fingerprint density at radius 1 is 1.07 bits per heavy atom. The predicted molar refractivity (Wildman–Crippen MR) is 109 cm³/mol. The normalized spacial score (nSPS) is 16.2. The fourth-order valence-corrected chi connectivity index (χ4v) is 3.89. The summed E-state index contributed by atoms with van der Waals surface area (Å²) < 4.78 is 4.81. The molecule has 0 saturated carbocycles. The summed E-state index contributed by atoms with van der Waals surface area (Å²) in [5, 5.41) is 1.17. The fraction of sp³-hybridized carbons (Fsp3) is 0.364. The van der Waals surface area contributed by atoms with Crippen LogP contribution in [0, 0.1) is 0 Å². The summed E-state index contributed by atoms with van der Waals surface area (Å²) in [6, 6.07) is 9.91. The van der Waals surface area contributed by atoms with E-state index in [0.717, 1.165) is 44.8 Å². The molecule has 1 aliphatic rings. The quantitative estimate of drug-likeness (QED) is 0.692. The van der Waals surface area contributed by atoms with Crippen molar-refractivity contribution < 1.29 is 9.53 Å². The maximum Gasteiger partial charge on any atom is 0.337 e. The number of carbonyl (C=O) groups is 1. The molecule has 0 radical (unpaired) electrons. The second-order valence-electron chi connectivity index (χ2n) is 7.33. The first-order valence-corrected chi connectivity index (χ1v) is 9.75. The van der Waals surface area contributed by atoms with Gasteiger partial charge in [-0.2, -0.15) is 0 Å². The van der Waals surface area contributed by atoms with Gasteiger partial charge in [-0.3, -0.25) is 14.8 Å². The van der Waals surface area contributed by atoms with Crippen molar-refractivity contribution in [1.82, 2.24) is 19.8 Å². The smallest absolute Gasteiger partial charge is 0.337 e. The molecular weight excluding hydrogens is 352 g/mol. The highest BCUT2D eigenvalue weighted by molar-refractivity contribution is 5.95. The van der Waals surface area contributed by atoms with Gasteiger partial charge in [0.1, 0.15) is 0 Å². The zero-order chi connectivity index (χ0) is 19.3. The molecule has 2 aromatic heterocycles. The Balaban J connectivity index is 1.40. The van der Waals surface area contributed by atoms with Gasteiger partial charge >= 0.3 is 5.97 Å². The first kappa shape index (κ1) is 18.7. The zero-order valence-corrected chi connectivity index (χ0v) is 16.2. The molecule has 0 atom stereocenters. The van der Waals surface area contributed by atoms with E-state index in [4.69, 9.17) is 4.74 Å². The number of hydrogen-bond donors (Lipinski definition) is 1. The first-order valence-electron chi connectivity index (χ1n) is 9.75. The average Bonchev–Trinajstić information content (AvgIpc) is 3.00. The second-order valence-corrected chi connectivity index (χ2v) is 7.33. The molecular formula is C22H26N4O2. The number of aromatic amines is 1. The number of hydrogen-bond acceptors (Lipinski definition) is 5. The Bertz CT molecular complexity index is 938. The van der Waals surface area contributed by atoms with Crippen LogP contribution >= 0.6 is 0 Å². The SMILES string of the molecule is COC(=O)c1ccc2c(CN3CCCN(Cc4ccncc4)CC3)c[nH]c2c1. The molecule has 1 aromatic carbocycles. The van der Waals surface area contributed by atoms with Crippen LogP contribution in [-0.4, -0.2) is 59.0 Å². The minimum Gasteiger partial charge on any atom is -0.465 e. The van der Waals surface area contributed by atoms with E-state index in [0.29, 0.717) is 5.56 Å². The molecule has 1 fully saturated rings. The fourth-order valence-electron chi connectivity index (χ4n) is 3.89. The van der Waals surface area contributed by atoms with Crippen LogP contribution in [-0.2, 0) is 17.8 Å². The maximum atomic E-state index is 11.7. The highest BCUT2D eigenvalue weighted by Crippen LogP contribution is 2.22. The number of esters is 1. The van der Waals surface area contributed by atoms with Gasteiger partial charge in [-0.05, 0) is 54.9 Å². The van der Waals surface area contributed by atoms with E-state index < -0.39 is 0 Å². The van der Waals surface area contributed by atoms with E-state index in [-0.39, 0.29) is 5.97 Å². The van der Waals surface area contributed by atoms with Gasteiger partial charge in [0.15, 0.2) is 0 Å². The van der Waals surface area contributed by atoms with Gasteiger partial charge in [0.2, 0.25) is 0 Å². The molecule has 146 valence electrons. The highest BCUT2D eigenvalue weighted by atomic mass is 16.5. The Labute approximate surface area is 165 Å². The molecule has 1 aliphatic heterocycles. The molecule has 28 heavy (non-hydrogen) atoms. The van der Waals surface area contributed by atoms with E-state index in [9.17, 15) is 4.79 Å². The molecule has 0 aliphatic carbocycles. The van der Waals surface area contributed by atoms with Crippen LogP contribution in [0.25, 0.3) is 10.9 Å². The molecule has 1 saturated heterocycles. The van der Waals surface area contributed by atoms with Gasteiger partial charge in [-0.15, -0.1) is 0 Å². The Kier molecular flexibility index (Phi) is 5.69. The van der Waals surface area contributed by atoms with Crippen molar-refractivity contribution in [1.29, 1.82) is 0 Å². The van der Waals surface area contributed by atoms with Gasteiger partial charge in [0.25, 0.3) is 0 Å². The Morgan fingerprint density at radius 3 is 2.57 bits per heavy atom. The molecule has 3 heterocycles. The molecule has 0 unspecified atom stereocenters. The summed E-state index contributed by atoms with van der Waals surface area (Å²) in [6.45, 7) is 6.24. The van der Waals surface area contributed by atoms with Crippen LogP contribution in [0.4, 0.5) is 0 Å². The van der Waals surface area contributed by atoms with Crippen LogP contribution in [0.1, 0.15) is 27.9 Å². The van der Waals surface area contributed by atoms with Crippen LogP contribution in [0.2, 0.25) is 0 Å². The Morgan fingerprint density at radius 2 is 1.82 bits per heavy atom. The van der Waals surface area contributed by atoms with E-state index in [1.54, 1.807) is 0 Å². The minimum absolute atomic E-state index is 0.306. The topological polar surface area (TPSA) is 61.5 Å². The van der Waals surface area contributed by atoms with E-state index in [2.05, 4.69) is 38.1 Å². The van der Waals surface area contributed by atoms with Crippen molar-refractivity contribution in [2.45, 2.75) is 19.5 Å². The monoisotopic (exact) mass is 378 g/mol. The molecule has 3 aromatic rings. The summed E-state index contributed by atoms with van der Waals surface area (Å²) in [5.74, 6) is -0.306. The van der Waals surface area contributed by atoms with Crippen LogP contribution in [0.15, 0.2) is 48.9 Å². The molecule has 1 N–H and O–H groups in total. The lowest BCUT2D eigenvalue weighted by atomic mass is 10.1. The number of methoxy groups -OCH3 is 1. The molecule has 0 spiro atoms. The third kappa shape index (κ3) is 4.24. The third-order valence-corrected chi connectivity index (χ3v) is 5.42. The number of benzene rings is 1. The molecule has 0 amide bonds. The number of nitrogens with one attached hydrogen (secondary N) is 1. The summed E-state index contributed by atoms with van der Waals surface area (Å²) in [5.41, 5.74) is 4.15. The average molecular weight is 378 g/mol. The van der Waals surface area contributed by atoms with E-state index in [1.165, 1.54) is 30.0 Å². The summed E-state index contributed by atoms with van der Waals surface area (Å²) in [7, 11) is 1.41. The molecule has 0 bridgehead atoms. The first-order chi connectivity index (χ1) is 13.7. The van der Waals surface area contributed by atoms with Gasteiger partial charge in [-0.1, -0.05) is 6.07 Å². The second kappa shape index (κ2) is 8.54. The van der Waals surface area contributed by atoms with Crippen LogP contribution in [0.5, 0.6) is 0 Å². The van der Waals surface area contributed by atoms with Crippen molar-refractivity contribution in [3.8, 4) is 0 Å². The predicted octanol–water partition coefficient (Wildman–Crippen LogP) is 3.06. The number of rotatable bonds is 5. The molecule has 4 rings (SSSR count). The van der Waals surface area contributed by atoms with Crippen molar-refractivity contribution in [3.63, 3.8) is 0 Å². The summed E-state index contributed by atoms with van der Waals surface area (Å²) in [4.78, 5) is 24.2. The number of fused-ring (bicyclic) bond motifs is 1. The van der Waals surface area contributed by atoms with Crippen LogP contribution < -0.4 is 0 Å². The van der Waals surface area contributed by atoms with Crippen molar-refractivity contribution in [2.75, 3.05) is 33.3 Å². The maximum absolute atomic E-state index is 11.7. The number of nitrogens with zero attached hydrogens (tertiary/aromatic N) is 3. The van der Waals surface area contributed by atoms with Crippen molar-refractivity contribution >= 4 is 16.9 Å². The zero-order valence-electron chi connectivity index (χ0n) is 16.2. The van der Waals surface area contributed by atoms with Gasteiger partial charge in [-0.25, -0.2) is 4.79 Å². The van der Waals surface area contributed by atoms with Gasteiger partial charge in [0, 0.05) is 55.7 Å². The van der Waals surface area contributed by atoms with E-state index >= 15 is 0 Å². The van der Waals surface area contributed by atoms with Crippen molar-refractivity contribution in [2.24, 2.45) is 0 Å². The lowest BCUT2D eigenvalue weighted by molar-refractivity contribution is 0.0601. The lowest BCUT2D eigenvalue weighted by Crippen LogP contribution is -2.30. The third-order valence-electron chi connectivity index (χ3n) is 5.42. The Hall–Kier alpha value is -2.70. The highest BCUT2D eigenvalue weighted by Gasteiger charge is 2.17. The number of H-pyrrole nitrogens is 1. The number of pyridine rings is 1. The standard InChI is InChI=1S/C22H26N4O2/c1-28-22(27)18-3-4-20-19(14-24-21(20)13-18)16-26-10-2-9-25(11-12-26)15-17-5-7-23-8-6-17/h3-8,13-14,24H,2,9-12,15-16H2,1H3. The number of carbonyl (C=O) groups excluding carboxylic acids is 1. The van der Waals surface area contributed by atoms with Crippen molar-refractivity contribution in [3.05, 3.63) is 65.6 Å². The summed E-state index contributed by atoms with van der Waals surface area (Å²) >= 11 is 0. The van der Waals surface area contributed by atoms with E-state index in [1.807, 2.05) is 30.6 Å². The number of aromatic nitrogens is 2.